The molecule has 0 bridgehead atoms. The molecule has 0 spiro atoms. The number of aliphatic hydroxyl groups is 1. The number of para-hydroxylation sites is 1. The van der Waals surface area contributed by atoms with Gasteiger partial charge in [0.05, 0.1) is 12.6 Å². The molecule has 1 unspecified atom stereocenters. The molecule has 0 radical (unpaired) electrons. The summed E-state index contributed by atoms with van der Waals surface area (Å²) in [4.78, 5) is 17.6. The van der Waals surface area contributed by atoms with Crippen molar-refractivity contribution < 1.29 is 9.90 Å². The van der Waals surface area contributed by atoms with E-state index in [0.29, 0.717) is 13.1 Å². The molecule has 0 aliphatic heterocycles. The number of hydrogen-bond donors (Lipinski definition) is 2. The van der Waals surface area contributed by atoms with Gasteiger partial charge in [-0.1, -0.05) is 18.2 Å². The van der Waals surface area contributed by atoms with Crippen molar-refractivity contribution in [2.75, 3.05) is 13.1 Å². The molecule has 2 N–H and O–H groups in total. The zero-order valence-electron chi connectivity index (χ0n) is 12.3. The molecule has 0 aliphatic carbocycles. The van der Waals surface area contributed by atoms with Gasteiger partial charge in [0.1, 0.15) is 0 Å². The molecule has 0 fully saturated rings. The van der Waals surface area contributed by atoms with Crippen LogP contribution in [0.25, 0.3) is 10.9 Å². The Bertz CT molecular complexity index is 587. The number of Topliss-reactive ketones (excluding diaryl/α,β-unsaturated/α-hetero) is 1. The standard InChI is InChI=1S/C16H22N2O2/c1-11(2)18(9-12(3)19)10-16(20)14-8-17-15-7-5-4-6-13(14)15/h4-8,11-12,17,19H,9-10H2,1-3H3. The fourth-order valence-electron chi connectivity index (χ4n) is 2.37. The second kappa shape index (κ2) is 6.20. The number of H-pyrrole nitrogens is 1. The normalized spacial score (nSPS) is 13.3. The summed E-state index contributed by atoms with van der Waals surface area (Å²) in [6.07, 6.45) is 1.33. The number of rotatable bonds is 6. The first-order valence-electron chi connectivity index (χ1n) is 7.00. The smallest absolute Gasteiger partial charge is 0.178 e. The molecule has 108 valence electrons. The number of nitrogens with zero attached hydrogens (tertiary/aromatic N) is 1. The quantitative estimate of drug-likeness (QED) is 0.795. The Morgan fingerprint density at radius 3 is 2.65 bits per heavy atom. The largest absolute Gasteiger partial charge is 0.392 e. The van der Waals surface area contributed by atoms with Gasteiger partial charge in [0.2, 0.25) is 0 Å². The Morgan fingerprint density at radius 1 is 1.30 bits per heavy atom. The third kappa shape index (κ3) is 3.26. The summed E-state index contributed by atoms with van der Waals surface area (Å²) in [6.45, 7) is 6.64. The maximum absolute atomic E-state index is 12.5. The topological polar surface area (TPSA) is 56.3 Å². The third-order valence-electron chi connectivity index (χ3n) is 3.47. The number of hydrogen-bond acceptors (Lipinski definition) is 3. The average molecular weight is 274 g/mol. The Hall–Kier alpha value is -1.65. The van der Waals surface area contributed by atoms with E-state index < -0.39 is 6.10 Å². The summed E-state index contributed by atoms with van der Waals surface area (Å²) in [5.74, 6) is 0.0804. The molecule has 4 heteroatoms. The van der Waals surface area contributed by atoms with Crippen LogP contribution in [0.4, 0.5) is 0 Å². The van der Waals surface area contributed by atoms with E-state index in [1.807, 2.05) is 43.0 Å². The lowest BCUT2D eigenvalue weighted by molar-refractivity contribution is 0.0800. The number of nitrogens with one attached hydrogen (secondary N) is 1. The van der Waals surface area contributed by atoms with E-state index in [0.717, 1.165) is 16.5 Å². The van der Waals surface area contributed by atoms with Crippen molar-refractivity contribution in [2.45, 2.75) is 32.9 Å². The molecule has 1 aromatic heterocycles. The Labute approximate surface area is 119 Å². The van der Waals surface area contributed by atoms with E-state index in [9.17, 15) is 9.90 Å². The first-order chi connectivity index (χ1) is 9.49. The van der Waals surface area contributed by atoms with E-state index in [2.05, 4.69) is 4.98 Å². The van der Waals surface area contributed by atoms with Crippen LogP contribution in [-0.2, 0) is 0 Å². The number of aromatic amines is 1. The van der Waals surface area contributed by atoms with Crippen molar-refractivity contribution in [3.8, 4) is 0 Å². The van der Waals surface area contributed by atoms with Crippen LogP contribution < -0.4 is 0 Å². The minimum atomic E-state index is -0.437. The fourth-order valence-corrected chi connectivity index (χ4v) is 2.37. The molecule has 1 atom stereocenters. The number of aliphatic hydroxyl groups excluding tert-OH is 1. The molecular formula is C16H22N2O2. The highest BCUT2D eigenvalue weighted by molar-refractivity contribution is 6.08. The van der Waals surface area contributed by atoms with Gasteiger partial charge >= 0.3 is 0 Å². The van der Waals surface area contributed by atoms with E-state index in [1.165, 1.54) is 0 Å². The minimum absolute atomic E-state index is 0.0804. The number of aromatic nitrogens is 1. The van der Waals surface area contributed by atoms with Crippen LogP contribution in [0.2, 0.25) is 0 Å². The van der Waals surface area contributed by atoms with Gasteiger partial charge in [0, 0.05) is 35.2 Å². The van der Waals surface area contributed by atoms with Crippen molar-refractivity contribution in [1.29, 1.82) is 0 Å². The number of carbonyl (C=O) groups excluding carboxylic acids is 1. The monoisotopic (exact) mass is 274 g/mol. The highest BCUT2D eigenvalue weighted by Crippen LogP contribution is 2.18. The predicted molar refractivity (Wildman–Crippen MR) is 81.0 cm³/mol. The molecule has 20 heavy (non-hydrogen) atoms. The molecule has 0 aliphatic rings. The van der Waals surface area contributed by atoms with Gasteiger partial charge in [-0.15, -0.1) is 0 Å². The number of ketones is 1. The van der Waals surface area contributed by atoms with Gasteiger partial charge in [-0.05, 0) is 26.8 Å². The molecular weight excluding hydrogens is 252 g/mol. The van der Waals surface area contributed by atoms with Crippen LogP contribution in [0, 0.1) is 0 Å². The van der Waals surface area contributed by atoms with Crippen molar-refractivity contribution in [2.24, 2.45) is 0 Å². The summed E-state index contributed by atoms with van der Waals surface area (Å²) in [5, 5.41) is 10.5. The van der Waals surface area contributed by atoms with Crippen molar-refractivity contribution in [1.82, 2.24) is 9.88 Å². The first-order valence-corrected chi connectivity index (χ1v) is 7.00. The van der Waals surface area contributed by atoms with E-state index in [4.69, 9.17) is 0 Å². The Morgan fingerprint density at radius 2 is 2.00 bits per heavy atom. The second-order valence-electron chi connectivity index (χ2n) is 5.54. The molecule has 4 nitrogen and oxygen atoms in total. The number of benzene rings is 1. The van der Waals surface area contributed by atoms with Crippen molar-refractivity contribution in [3.05, 3.63) is 36.0 Å². The van der Waals surface area contributed by atoms with Gasteiger partial charge in [0.25, 0.3) is 0 Å². The molecule has 0 amide bonds. The molecule has 2 aromatic rings. The van der Waals surface area contributed by atoms with Crippen LogP contribution in [-0.4, -0.2) is 46.0 Å². The first kappa shape index (κ1) is 14.8. The van der Waals surface area contributed by atoms with Crippen LogP contribution in [0.1, 0.15) is 31.1 Å². The maximum Gasteiger partial charge on any atom is 0.178 e. The molecule has 0 saturated heterocycles. The number of carbonyl (C=O) groups is 1. The Balaban J connectivity index is 2.18. The van der Waals surface area contributed by atoms with Gasteiger partial charge in [0.15, 0.2) is 5.78 Å². The highest BCUT2D eigenvalue weighted by Gasteiger charge is 2.19. The highest BCUT2D eigenvalue weighted by atomic mass is 16.3. The Kier molecular flexibility index (Phi) is 4.57. The van der Waals surface area contributed by atoms with Gasteiger partial charge in [-0.2, -0.15) is 0 Å². The molecule has 2 rings (SSSR count). The van der Waals surface area contributed by atoms with Crippen LogP contribution in [0.15, 0.2) is 30.5 Å². The number of fused-ring (bicyclic) bond motifs is 1. The van der Waals surface area contributed by atoms with Gasteiger partial charge < -0.3 is 10.1 Å². The minimum Gasteiger partial charge on any atom is -0.392 e. The fraction of sp³-hybridized carbons (Fsp3) is 0.438. The molecule has 1 heterocycles. The zero-order chi connectivity index (χ0) is 14.7. The predicted octanol–water partition coefficient (Wildman–Crippen LogP) is 2.44. The van der Waals surface area contributed by atoms with Crippen LogP contribution in [0.3, 0.4) is 0 Å². The second-order valence-corrected chi connectivity index (χ2v) is 5.54. The van der Waals surface area contributed by atoms with Crippen molar-refractivity contribution >= 4 is 16.7 Å². The van der Waals surface area contributed by atoms with Gasteiger partial charge in [-0.25, -0.2) is 0 Å². The zero-order valence-corrected chi connectivity index (χ0v) is 12.3. The van der Waals surface area contributed by atoms with Crippen LogP contribution in [0.5, 0.6) is 0 Å². The van der Waals surface area contributed by atoms with E-state index >= 15 is 0 Å². The lowest BCUT2D eigenvalue weighted by Crippen LogP contribution is -2.40. The maximum atomic E-state index is 12.5. The van der Waals surface area contributed by atoms with E-state index in [-0.39, 0.29) is 11.8 Å². The average Bonchev–Trinajstić information content (AvgIpc) is 2.81. The molecule has 0 saturated carbocycles. The summed E-state index contributed by atoms with van der Waals surface area (Å²) in [5.41, 5.74) is 1.69. The van der Waals surface area contributed by atoms with E-state index in [1.54, 1.807) is 13.1 Å². The summed E-state index contributed by atoms with van der Waals surface area (Å²) in [6, 6.07) is 8.01. The summed E-state index contributed by atoms with van der Waals surface area (Å²) in [7, 11) is 0. The summed E-state index contributed by atoms with van der Waals surface area (Å²) < 4.78 is 0. The van der Waals surface area contributed by atoms with Gasteiger partial charge in [-0.3, -0.25) is 9.69 Å². The van der Waals surface area contributed by atoms with Crippen molar-refractivity contribution in [3.63, 3.8) is 0 Å². The SMILES string of the molecule is CC(O)CN(CC(=O)c1c[nH]c2ccccc12)C(C)C. The summed E-state index contributed by atoms with van der Waals surface area (Å²) >= 11 is 0. The lowest BCUT2D eigenvalue weighted by Gasteiger charge is -2.26. The third-order valence-corrected chi connectivity index (χ3v) is 3.47. The lowest BCUT2D eigenvalue weighted by atomic mass is 10.1. The molecule has 1 aromatic carbocycles. The van der Waals surface area contributed by atoms with Crippen LogP contribution >= 0.6 is 0 Å².